The van der Waals surface area contributed by atoms with Crippen LogP contribution in [0.5, 0.6) is 0 Å². The van der Waals surface area contributed by atoms with Crippen LogP contribution in [0, 0.1) is 0 Å². The molecule has 0 aliphatic rings. The van der Waals surface area contributed by atoms with Crippen LogP contribution in [0.3, 0.4) is 0 Å². The van der Waals surface area contributed by atoms with Crippen LogP contribution in [0.4, 0.5) is 0 Å². The van der Waals surface area contributed by atoms with Gasteiger partial charge in [0.15, 0.2) is 0 Å². The molecule has 0 radical (unpaired) electrons. The number of rotatable bonds is 4. The summed E-state index contributed by atoms with van der Waals surface area (Å²) < 4.78 is 5.07. The van der Waals surface area contributed by atoms with Gasteiger partial charge < -0.3 is 0 Å². The molecule has 0 N–H and O–H groups in total. The molecule has 0 saturated heterocycles. The molecule has 24 heavy (non-hydrogen) atoms. The Kier molecular flexibility index (Phi) is 4.33. The zero-order chi connectivity index (χ0) is 16.4. The van der Waals surface area contributed by atoms with E-state index < -0.39 is 7.92 Å². The largest absolute Gasteiger partial charge is 0.243 e. The molecule has 1 aromatic heterocycles. The highest BCUT2D eigenvalue weighted by atomic mass is 32.2. The summed E-state index contributed by atoms with van der Waals surface area (Å²) in [6.07, 6.45) is 2.04. The maximum atomic E-state index is 5.07. The van der Waals surface area contributed by atoms with Crippen LogP contribution in [0.2, 0.25) is 0 Å². The van der Waals surface area contributed by atoms with Crippen molar-refractivity contribution in [2.75, 3.05) is 6.26 Å². The Morgan fingerprint density at radius 1 is 0.750 bits per heavy atom. The van der Waals surface area contributed by atoms with Crippen LogP contribution in [-0.2, 0) is 0 Å². The molecule has 0 aliphatic carbocycles. The van der Waals surface area contributed by atoms with E-state index in [2.05, 4.69) is 71.0 Å². The van der Waals surface area contributed by atoms with Gasteiger partial charge in [-0.05, 0) is 41.2 Å². The highest BCUT2D eigenvalue weighted by molar-refractivity contribution is 7.98. The second-order valence-corrected chi connectivity index (χ2v) is 8.29. The minimum atomic E-state index is -0.709. The SMILES string of the molecule is CSc1ccc(P(c2ccccc2)c2ccccc2)c2nonc12. The number of nitrogens with zero attached hydrogens (tertiary/aromatic N) is 2. The summed E-state index contributed by atoms with van der Waals surface area (Å²) in [5.74, 6) is 0. The molecule has 3 aromatic carbocycles. The fraction of sp³-hybridized carbons (Fsp3) is 0.0526. The van der Waals surface area contributed by atoms with Crippen molar-refractivity contribution in [3.8, 4) is 0 Å². The van der Waals surface area contributed by atoms with Gasteiger partial charge in [-0.2, -0.15) is 0 Å². The summed E-state index contributed by atoms with van der Waals surface area (Å²) >= 11 is 1.66. The molecule has 0 bridgehead atoms. The fourth-order valence-electron chi connectivity index (χ4n) is 2.76. The number of fused-ring (bicyclic) bond motifs is 1. The standard InChI is InChI=1S/C19H15N2OPS/c1-24-17-13-12-16(18-19(17)21-22-20-18)23(14-8-4-2-5-9-14)15-10-6-3-7-11-15/h2-13H,1H3. The number of benzene rings is 3. The molecular weight excluding hydrogens is 335 g/mol. The normalized spacial score (nSPS) is 11.2. The van der Waals surface area contributed by atoms with Crippen LogP contribution in [0.25, 0.3) is 11.0 Å². The first-order valence-corrected chi connectivity index (χ1v) is 10.1. The van der Waals surface area contributed by atoms with Gasteiger partial charge in [0.1, 0.15) is 11.0 Å². The summed E-state index contributed by atoms with van der Waals surface area (Å²) in [6, 6.07) is 25.5. The Hall–Kier alpha value is -2.16. The van der Waals surface area contributed by atoms with Crippen LogP contribution in [0.15, 0.2) is 82.3 Å². The van der Waals surface area contributed by atoms with Crippen LogP contribution >= 0.6 is 19.7 Å². The van der Waals surface area contributed by atoms with Gasteiger partial charge in [0, 0.05) is 10.2 Å². The van der Waals surface area contributed by atoms with Gasteiger partial charge in [0.2, 0.25) is 0 Å². The van der Waals surface area contributed by atoms with E-state index in [9.17, 15) is 0 Å². The van der Waals surface area contributed by atoms with Crippen molar-refractivity contribution in [1.29, 1.82) is 0 Å². The van der Waals surface area contributed by atoms with Crippen molar-refractivity contribution in [1.82, 2.24) is 10.3 Å². The van der Waals surface area contributed by atoms with E-state index in [1.807, 2.05) is 18.4 Å². The van der Waals surface area contributed by atoms with E-state index in [-0.39, 0.29) is 0 Å². The lowest BCUT2D eigenvalue weighted by Crippen LogP contribution is -2.21. The maximum Gasteiger partial charge on any atom is 0.149 e. The first-order valence-electron chi connectivity index (χ1n) is 7.58. The molecule has 1 heterocycles. The molecule has 0 unspecified atom stereocenters. The molecule has 0 atom stereocenters. The second-order valence-electron chi connectivity index (χ2n) is 5.25. The molecule has 0 fully saturated rings. The van der Waals surface area contributed by atoms with Crippen molar-refractivity contribution in [2.24, 2.45) is 0 Å². The van der Waals surface area contributed by atoms with E-state index in [0.29, 0.717) is 0 Å². The average Bonchev–Trinajstić information content (AvgIpc) is 3.14. The van der Waals surface area contributed by atoms with Crippen molar-refractivity contribution in [2.45, 2.75) is 4.90 Å². The lowest BCUT2D eigenvalue weighted by Gasteiger charge is -2.19. The summed E-state index contributed by atoms with van der Waals surface area (Å²) in [5.41, 5.74) is 1.71. The third-order valence-corrected chi connectivity index (χ3v) is 7.09. The molecule has 4 aromatic rings. The number of hydrogen-bond acceptors (Lipinski definition) is 4. The van der Waals surface area contributed by atoms with Gasteiger partial charge >= 0.3 is 0 Å². The van der Waals surface area contributed by atoms with E-state index in [1.54, 1.807) is 11.8 Å². The Labute approximate surface area is 145 Å². The quantitative estimate of drug-likeness (QED) is 0.416. The average molecular weight is 350 g/mol. The molecule has 0 spiro atoms. The molecule has 3 nitrogen and oxygen atoms in total. The zero-order valence-electron chi connectivity index (χ0n) is 13.1. The van der Waals surface area contributed by atoms with Gasteiger partial charge in [-0.25, -0.2) is 4.63 Å². The Morgan fingerprint density at radius 3 is 1.92 bits per heavy atom. The molecule has 118 valence electrons. The zero-order valence-corrected chi connectivity index (χ0v) is 14.8. The minimum Gasteiger partial charge on any atom is -0.243 e. The van der Waals surface area contributed by atoms with E-state index in [0.717, 1.165) is 15.9 Å². The third kappa shape index (κ3) is 2.72. The van der Waals surface area contributed by atoms with E-state index in [4.69, 9.17) is 4.63 Å². The second kappa shape index (κ2) is 6.76. The highest BCUT2D eigenvalue weighted by Gasteiger charge is 2.22. The molecule has 0 aliphatic heterocycles. The predicted molar refractivity (Wildman–Crippen MR) is 102 cm³/mol. The minimum absolute atomic E-state index is 0.709. The van der Waals surface area contributed by atoms with Crippen molar-refractivity contribution >= 4 is 46.6 Å². The van der Waals surface area contributed by atoms with E-state index >= 15 is 0 Å². The van der Waals surface area contributed by atoms with E-state index in [1.165, 1.54) is 15.9 Å². The maximum absolute atomic E-state index is 5.07. The van der Waals surface area contributed by atoms with Crippen LogP contribution in [-0.4, -0.2) is 16.6 Å². The van der Waals surface area contributed by atoms with Gasteiger partial charge in [0.25, 0.3) is 0 Å². The van der Waals surface area contributed by atoms with Gasteiger partial charge in [0.05, 0.1) is 0 Å². The Morgan fingerprint density at radius 2 is 1.33 bits per heavy atom. The summed E-state index contributed by atoms with van der Waals surface area (Å²) in [4.78, 5) is 1.09. The molecule has 0 amide bonds. The Balaban J connectivity index is 1.97. The number of thioether (sulfide) groups is 1. The summed E-state index contributed by atoms with van der Waals surface area (Å²) in [7, 11) is -0.709. The lowest BCUT2D eigenvalue weighted by atomic mass is 10.3. The monoisotopic (exact) mass is 350 g/mol. The molecule has 5 heteroatoms. The van der Waals surface area contributed by atoms with Gasteiger partial charge in [-0.15, -0.1) is 11.8 Å². The predicted octanol–water partition coefficient (Wildman–Crippen LogP) is 3.70. The fourth-order valence-corrected chi connectivity index (χ4v) is 5.67. The molecule has 0 saturated carbocycles. The summed E-state index contributed by atoms with van der Waals surface area (Å²) in [6.45, 7) is 0. The van der Waals surface area contributed by atoms with Crippen molar-refractivity contribution in [3.63, 3.8) is 0 Å². The smallest absolute Gasteiger partial charge is 0.149 e. The van der Waals surface area contributed by atoms with Crippen molar-refractivity contribution < 1.29 is 4.63 Å². The topological polar surface area (TPSA) is 38.9 Å². The number of aromatic nitrogens is 2. The lowest BCUT2D eigenvalue weighted by molar-refractivity contribution is 0.315. The molecule has 4 rings (SSSR count). The highest BCUT2D eigenvalue weighted by Crippen LogP contribution is 2.36. The van der Waals surface area contributed by atoms with Crippen LogP contribution in [0.1, 0.15) is 0 Å². The first-order chi connectivity index (χ1) is 11.9. The van der Waals surface area contributed by atoms with Gasteiger partial charge in [-0.1, -0.05) is 66.7 Å². The number of hydrogen-bond donors (Lipinski definition) is 0. The molecular formula is C19H15N2OPS. The third-order valence-electron chi connectivity index (χ3n) is 3.85. The van der Waals surface area contributed by atoms with Crippen LogP contribution < -0.4 is 15.9 Å². The Bertz CT molecular complexity index is 917. The van der Waals surface area contributed by atoms with Gasteiger partial charge in [-0.3, -0.25) is 0 Å². The van der Waals surface area contributed by atoms with Crippen molar-refractivity contribution in [3.05, 3.63) is 72.8 Å². The summed E-state index contributed by atoms with van der Waals surface area (Å²) in [5, 5.41) is 12.1. The first kappa shape index (κ1) is 15.4.